The van der Waals surface area contributed by atoms with E-state index in [-0.39, 0.29) is 11.3 Å². The topological polar surface area (TPSA) is 43.1 Å². The maximum atomic E-state index is 11.6. The summed E-state index contributed by atoms with van der Waals surface area (Å²) in [5, 5.41) is 0. The van der Waals surface area contributed by atoms with Gasteiger partial charge < -0.3 is 5.73 Å². The minimum Gasteiger partial charge on any atom is -0.330 e. The Kier molecular flexibility index (Phi) is 6.01. The van der Waals surface area contributed by atoms with Crippen molar-refractivity contribution >= 4 is 5.78 Å². The molecule has 1 atom stereocenters. The summed E-state index contributed by atoms with van der Waals surface area (Å²) in [7, 11) is 0. The van der Waals surface area contributed by atoms with Crippen LogP contribution in [-0.4, -0.2) is 12.3 Å². The number of hydrogen-bond acceptors (Lipinski definition) is 2. The van der Waals surface area contributed by atoms with Gasteiger partial charge in [0.05, 0.1) is 0 Å². The lowest BCUT2D eigenvalue weighted by atomic mass is 9.82. The van der Waals surface area contributed by atoms with Gasteiger partial charge in [-0.05, 0) is 31.2 Å². The lowest BCUT2D eigenvalue weighted by Crippen LogP contribution is -2.20. The molecular formula is C12H25NO. The Morgan fingerprint density at radius 3 is 2.36 bits per heavy atom. The molecule has 1 unspecified atom stereocenters. The van der Waals surface area contributed by atoms with Crippen molar-refractivity contribution in [3.63, 3.8) is 0 Å². The molecule has 0 radical (unpaired) electrons. The third kappa shape index (κ3) is 5.38. The van der Waals surface area contributed by atoms with Gasteiger partial charge in [-0.3, -0.25) is 4.79 Å². The molecule has 2 nitrogen and oxygen atoms in total. The molecule has 0 aromatic rings. The van der Waals surface area contributed by atoms with Crippen LogP contribution in [0.5, 0.6) is 0 Å². The molecular weight excluding hydrogens is 174 g/mol. The highest BCUT2D eigenvalue weighted by molar-refractivity contribution is 5.80. The molecule has 0 bridgehead atoms. The molecule has 0 aromatic heterocycles. The zero-order valence-corrected chi connectivity index (χ0v) is 10.1. The van der Waals surface area contributed by atoms with E-state index in [1.807, 2.05) is 6.92 Å². The maximum Gasteiger partial charge on any atom is 0.135 e. The van der Waals surface area contributed by atoms with E-state index >= 15 is 0 Å². The molecule has 0 amide bonds. The molecule has 0 fully saturated rings. The molecule has 2 N–H and O–H groups in total. The Labute approximate surface area is 88.3 Å². The fourth-order valence-corrected chi connectivity index (χ4v) is 1.45. The van der Waals surface area contributed by atoms with Gasteiger partial charge in [0.2, 0.25) is 0 Å². The van der Waals surface area contributed by atoms with Gasteiger partial charge in [0.25, 0.3) is 0 Å². The molecule has 0 heterocycles. The van der Waals surface area contributed by atoms with Crippen LogP contribution in [0.4, 0.5) is 0 Å². The van der Waals surface area contributed by atoms with E-state index in [0.717, 1.165) is 19.3 Å². The molecule has 84 valence electrons. The highest BCUT2D eigenvalue weighted by atomic mass is 16.1. The second-order valence-corrected chi connectivity index (χ2v) is 4.98. The summed E-state index contributed by atoms with van der Waals surface area (Å²) >= 11 is 0. The van der Waals surface area contributed by atoms with E-state index in [9.17, 15) is 4.79 Å². The lowest BCUT2D eigenvalue weighted by Gasteiger charge is -2.23. The van der Waals surface area contributed by atoms with Crippen molar-refractivity contribution in [3.8, 4) is 0 Å². The van der Waals surface area contributed by atoms with Crippen LogP contribution in [0.2, 0.25) is 0 Å². The Morgan fingerprint density at radius 1 is 1.36 bits per heavy atom. The summed E-state index contributed by atoms with van der Waals surface area (Å²) in [5.74, 6) is 0.626. The Morgan fingerprint density at radius 2 is 1.93 bits per heavy atom. The minimum absolute atomic E-state index is 0.220. The minimum atomic E-state index is 0.220. The Balaban J connectivity index is 3.87. The number of Topliss-reactive ketones (excluding diaryl/α,β-unsaturated/α-hetero) is 1. The van der Waals surface area contributed by atoms with Crippen LogP contribution in [0.15, 0.2) is 0 Å². The number of nitrogens with two attached hydrogens (primary N) is 1. The fraction of sp³-hybridized carbons (Fsp3) is 0.917. The molecule has 0 aliphatic heterocycles. The zero-order valence-electron chi connectivity index (χ0n) is 10.1. The fourth-order valence-electron chi connectivity index (χ4n) is 1.45. The highest BCUT2D eigenvalue weighted by Gasteiger charge is 2.19. The smallest absolute Gasteiger partial charge is 0.135 e. The van der Waals surface area contributed by atoms with Crippen LogP contribution < -0.4 is 5.73 Å². The molecule has 0 aliphatic rings. The average molecular weight is 199 g/mol. The molecule has 0 saturated heterocycles. The van der Waals surface area contributed by atoms with Gasteiger partial charge in [-0.15, -0.1) is 0 Å². The van der Waals surface area contributed by atoms with Crippen LogP contribution in [-0.2, 0) is 4.79 Å². The summed E-state index contributed by atoms with van der Waals surface area (Å²) in [6.07, 6.45) is 3.63. The van der Waals surface area contributed by atoms with E-state index in [2.05, 4.69) is 20.8 Å². The van der Waals surface area contributed by atoms with Crippen LogP contribution in [0.1, 0.15) is 53.4 Å². The quantitative estimate of drug-likeness (QED) is 0.685. The van der Waals surface area contributed by atoms with Crippen molar-refractivity contribution in [2.75, 3.05) is 6.54 Å². The van der Waals surface area contributed by atoms with E-state index in [1.165, 1.54) is 0 Å². The molecule has 0 aromatic carbocycles. The van der Waals surface area contributed by atoms with E-state index in [1.54, 1.807) is 0 Å². The number of rotatable bonds is 7. The molecule has 14 heavy (non-hydrogen) atoms. The van der Waals surface area contributed by atoms with Crippen LogP contribution in [0.3, 0.4) is 0 Å². The standard InChI is InChI=1S/C12H25NO/c1-5-10(2)11(14)6-7-12(3,4)8-9-13/h10H,5-9,13H2,1-4H3. The van der Waals surface area contributed by atoms with E-state index < -0.39 is 0 Å². The van der Waals surface area contributed by atoms with Gasteiger partial charge in [-0.1, -0.05) is 27.7 Å². The first-order chi connectivity index (χ1) is 6.43. The predicted molar refractivity (Wildman–Crippen MR) is 61.1 cm³/mol. The zero-order chi connectivity index (χ0) is 11.2. The largest absolute Gasteiger partial charge is 0.330 e. The first-order valence-corrected chi connectivity index (χ1v) is 5.65. The predicted octanol–water partition coefficient (Wildman–Crippen LogP) is 2.76. The van der Waals surface area contributed by atoms with E-state index in [4.69, 9.17) is 5.73 Å². The van der Waals surface area contributed by atoms with Gasteiger partial charge in [-0.2, -0.15) is 0 Å². The molecule has 0 saturated carbocycles. The molecule has 2 heteroatoms. The first-order valence-electron chi connectivity index (χ1n) is 5.65. The number of carbonyl (C=O) groups excluding carboxylic acids is 1. The average Bonchev–Trinajstić information content (AvgIpc) is 2.13. The van der Waals surface area contributed by atoms with Crippen molar-refractivity contribution in [3.05, 3.63) is 0 Å². The molecule has 0 rings (SSSR count). The van der Waals surface area contributed by atoms with Crippen LogP contribution in [0, 0.1) is 11.3 Å². The molecule has 0 aliphatic carbocycles. The van der Waals surface area contributed by atoms with Crippen molar-refractivity contribution in [2.45, 2.75) is 53.4 Å². The first kappa shape index (κ1) is 13.6. The summed E-state index contributed by atoms with van der Waals surface area (Å²) in [6.45, 7) is 9.16. The van der Waals surface area contributed by atoms with Crippen LogP contribution in [0.25, 0.3) is 0 Å². The van der Waals surface area contributed by atoms with Crippen LogP contribution >= 0.6 is 0 Å². The van der Waals surface area contributed by atoms with E-state index in [0.29, 0.717) is 18.7 Å². The lowest BCUT2D eigenvalue weighted by molar-refractivity contribution is -0.123. The van der Waals surface area contributed by atoms with Crippen molar-refractivity contribution in [2.24, 2.45) is 17.1 Å². The van der Waals surface area contributed by atoms with Gasteiger partial charge in [0.1, 0.15) is 5.78 Å². The highest BCUT2D eigenvalue weighted by Crippen LogP contribution is 2.26. The number of hydrogen-bond donors (Lipinski definition) is 1. The second-order valence-electron chi connectivity index (χ2n) is 4.98. The summed E-state index contributed by atoms with van der Waals surface area (Å²) < 4.78 is 0. The van der Waals surface area contributed by atoms with Crippen molar-refractivity contribution < 1.29 is 4.79 Å². The van der Waals surface area contributed by atoms with Gasteiger partial charge in [0.15, 0.2) is 0 Å². The Bertz CT molecular complexity index is 175. The van der Waals surface area contributed by atoms with Gasteiger partial charge in [0, 0.05) is 12.3 Å². The Hall–Kier alpha value is -0.370. The maximum absolute atomic E-state index is 11.6. The SMILES string of the molecule is CCC(C)C(=O)CCC(C)(C)CCN. The number of ketones is 1. The summed E-state index contributed by atoms with van der Waals surface area (Å²) in [4.78, 5) is 11.6. The van der Waals surface area contributed by atoms with Gasteiger partial charge >= 0.3 is 0 Å². The monoisotopic (exact) mass is 199 g/mol. The third-order valence-electron chi connectivity index (χ3n) is 3.03. The second kappa shape index (κ2) is 6.18. The third-order valence-corrected chi connectivity index (χ3v) is 3.03. The summed E-state index contributed by atoms with van der Waals surface area (Å²) in [5.41, 5.74) is 5.74. The molecule has 0 spiro atoms. The summed E-state index contributed by atoms with van der Waals surface area (Å²) in [6, 6.07) is 0. The number of carbonyl (C=O) groups is 1. The normalized spacial score (nSPS) is 14.1. The van der Waals surface area contributed by atoms with Crippen molar-refractivity contribution in [1.82, 2.24) is 0 Å². The van der Waals surface area contributed by atoms with Crippen molar-refractivity contribution in [1.29, 1.82) is 0 Å². The van der Waals surface area contributed by atoms with Gasteiger partial charge in [-0.25, -0.2) is 0 Å².